The van der Waals surface area contributed by atoms with Crippen molar-refractivity contribution in [1.82, 2.24) is 4.31 Å². The number of aldehydes is 1. The highest BCUT2D eigenvalue weighted by Crippen LogP contribution is 2.44. The number of thioether (sulfide) groups is 1. The average molecular weight is 373 g/mol. The summed E-state index contributed by atoms with van der Waals surface area (Å²) in [6.07, 6.45) is 5.52. The van der Waals surface area contributed by atoms with E-state index in [4.69, 9.17) is 4.74 Å². The van der Waals surface area contributed by atoms with E-state index in [1.54, 1.807) is 23.7 Å². The van der Waals surface area contributed by atoms with Crippen LogP contribution in [0.25, 0.3) is 0 Å². The lowest BCUT2D eigenvalue weighted by atomic mass is 10.2. The van der Waals surface area contributed by atoms with E-state index in [2.05, 4.69) is 52.7 Å². The van der Waals surface area contributed by atoms with Crippen LogP contribution in [0, 0.1) is 0 Å². The number of anilines is 2. The van der Waals surface area contributed by atoms with Crippen molar-refractivity contribution in [3.05, 3.63) is 54.8 Å². The molecular weight excluding hydrogens is 352 g/mol. The van der Waals surface area contributed by atoms with Crippen LogP contribution < -0.4 is 9.64 Å². The lowest BCUT2D eigenvalue weighted by Crippen LogP contribution is -2.24. The summed E-state index contributed by atoms with van der Waals surface area (Å²) in [6.45, 7) is 1.86. The first-order valence-electron chi connectivity index (χ1n) is 7.93. The van der Waals surface area contributed by atoms with Crippen LogP contribution >= 0.6 is 23.7 Å². The van der Waals surface area contributed by atoms with Crippen LogP contribution in [0.3, 0.4) is 0 Å². The van der Waals surface area contributed by atoms with E-state index in [-0.39, 0.29) is 0 Å². The number of carbonyl (C=O) groups excluding carboxylic acids is 1. The molecule has 0 radical (unpaired) electrons. The summed E-state index contributed by atoms with van der Waals surface area (Å²) in [6, 6.07) is 14.7. The summed E-state index contributed by atoms with van der Waals surface area (Å²) in [5.74, 6) is 0.764. The standard InChI is InChI=1S/C19H20N2O2S2/c1-20-9-10-21(15-7-4-3-5-8-15)16-13-19(24-2)17(14-18(16)25-20)23-12-6-11-22/h3-8,11-14H,9-10H2,1-2H3/b12-6+. The molecule has 2 aromatic carbocycles. The fraction of sp³-hybridized carbons (Fsp3) is 0.211. The lowest BCUT2D eigenvalue weighted by Gasteiger charge is -2.25. The van der Waals surface area contributed by atoms with Crippen LogP contribution in [-0.4, -0.2) is 37.0 Å². The van der Waals surface area contributed by atoms with Gasteiger partial charge in [0, 0.05) is 24.9 Å². The topological polar surface area (TPSA) is 32.8 Å². The number of para-hydroxylation sites is 1. The minimum absolute atomic E-state index is 0.710. The third-order valence-electron chi connectivity index (χ3n) is 3.85. The van der Waals surface area contributed by atoms with Crippen molar-refractivity contribution in [3.63, 3.8) is 0 Å². The molecule has 0 bridgehead atoms. The van der Waals surface area contributed by atoms with Crippen LogP contribution in [0.2, 0.25) is 0 Å². The van der Waals surface area contributed by atoms with Gasteiger partial charge in [0.15, 0.2) is 0 Å². The smallest absolute Gasteiger partial charge is 0.145 e. The van der Waals surface area contributed by atoms with E-state index in [0.29, 0.717) is 6.29 Å². The number of hydrogen-bond acceptors (Lipinski definition) is 6. The molecular formula is C19H20N2O2S2. The highest BCUT2D eigenvalue weighted by Gasteiger charge is 2.22. The number of hydrogen-bond donors (Lipinski definition) is 0. The molecule has 1 aliphatic rings. The van der Waals surface area contributed by atoms with Crippen molar-refractivity contribution >= 4 is 41.4 Å². The van der Waals surface area contributed by atoms with Gasteiger partial charge in [-0.25, -0.2) is 4.31 Å². The molecule has 0 aromatic heterocycles. The molecule has 1 aliphatic heterocycles. The van der Waals surface area contributed by atoms with Gasteiger partial charge in [0.1, 0.15) is 12.0 Å². The normalized spacial score (nSPS) is 15.0. The van der Waals surface area contributed by atoms with Gasteiger partial charge < -0.3 is 9.64 Å². The van der Waals surface area contributed by atoms with E-state index in [1.165, 1.54) is 23.7 Å². The van der Waals surface area contributed by atoms with E-state index in [0.717, 1.165) is 28.6 Å². The first-order valence-corrected chi connectivity index (χ1v) is 9.93. The van der Waals surface area contributed by atoms with Gasteiger partial charge in [-0.1, -0.05) is 18.2 Å². The van der Waals surface area contributed by atoms with Crippen molar-refractivity contribution in [2.24, 2.45) is 0 Å². The highest BCUT2D eigenvalue weighted by atomic mass is 32.2. The second kappa shape index (κ2) is 8.47. The first-order chi connectivity index (χ1) is 12.2. The zero-order valence-corrected chi connectivity index (χ0v) is 15.8. The maximum atomic E-state index is 10.5. The second-order valence-corrected chi connectivity index (χ2v) is 7.58. The molecule has 0 unspecified atom stereocenters. The van der Waals surface area contributed by atoms with Gasteiger partial charge in [-0.2, -0.15) is 0 Å². The predicted molar refractivity (Wildman–Crippen MR) is 106 cm³/mol. The van der Waals surface area contributed by atoms with Gasteiger partial charge in [0.25, 0.3) is 0 Å². The van der Waals surface area contributed by atoms with Crippen molar-refractivity contribution in [2.45, 2.75) is 9.79 Å². The molecule has 3 rings (SSSR count). The largest absolute Gasteiger partial charge is 0.464 e. The van der Waals surface area contributed by atoms with Gasteiger partial charge >= 0.3 is 0 Å². The summed E-state index contributed by atoms with van der Waals surface area (Å²) in [5.41, 5.74) is 2.36. The van der Waals surface area contributed by atoms with Crippen molar-refractivity contribution in [2.75, 3.05) is 31.3 Å². The number of likely N-dealkylation sites (N-methyl/N-ethyl adjacent to an activating group) is 1. The Balaban J connectivity index is 2.06. The summed E-state index contributed by atoms with van der Waals surface area (Å²) in [4.78, 5) is 15.0. The van der Waals surface area contributed by atoms with Crippen LogP contribution in [0.1, 0.15) is 0 Å². The lowest BCUT2D eigenvalue weighted by molar-refractivity contribution is -0.104. The molecule has 4 nitrogen and oxygen atoms in total. The Hall–Kier alpha value is -1.89. The zero-order valence-electron chi connectivity index (χ0n) is 14.2. The SMILES string of the molecule is CSc1cc2c(cc1O/C=C/C=O)SN(C)CCN2c1ccccc1. The van der Waals surface area contributed by atoms with Crippen LogP contribution in [0.4, 0.5) is 11.4 Å². The number of allylic oxidation sites excluding steroid dienone is 1. The van der Waals surface area contributed by atoms with E-state index < -0.39 is 0 Å². The third-order valence-corrected chi connectivity index (χ3v) is 5.63. The van der Waals surface area contributed by atoms with E-state index in [1.807, 2.05) is 12.3 Å². The van der Waals surface area contributed by atoms with Crippen LogP contribution in [0.15, 0.2) is 64.6 Å². The maximum Gasteiger partial charge on any atom is 0.145 e. The Morgan fingerprint density at radius 3 is 2.72 bits per heavy atom. The van der Waals surface area contributed by atoms with Gasteiger partial charge in [-0.05, 0) is 49.5 Å². The molecule has 0 amide bonds. The van der Waals surface area contributed by atoms with E-state index in [9.17, 15) is 4.79 Å². The quantitative estimate of drug-likeness (QED) is 0.251. The molecule has 0 saturated carbocycles. The number of ether oxygens (including phenoxy) is 1. The fourth-order valence-electron chi connectivity index (χ4n) is 2.66. The summed E-state index contributed by atoms with van der Waals surface area (Å²) < 4.78 is 7.90. The predicted octanol–water partition coefficient (Wildman–Crippen LogP) is 4.59. The Kier molecular flexibility index (Phi) is 6.07. The number of carbonyl (C=O) groups is 1. The number of fused-ring (bicyclic) bond motifs is 1. The second-order valence-electron chi connectivity index (χ2n) is 5.48. The maximum absolute atomic E-state index is 10.5. The molecule has 0 fully saturated rings. The minimum atomic E-state index is 0.710. The average Bonchev–Trinajstić information content (AvgIpc) is 2.79. The Labute approximate surface area is 157 Å². The molecule has 25 heavy (non-hydrogen) atoms. The Bertz CT molecular complexity index is 766. The number of rotatable bonds is 5. The molecule has 0 aliphatic carbocycles. The third kappa shape index (κ3) is 4.21. The monoisotopic (exact) mass is 372 g/mol. The minimum Gasteiger partial charge on any atom is -0.464 e. The summed E-state index contributed by atoms with van der Waals surface area (Å²) in [5, 5.41) is 0. The van der Waals surface area contributed by atoms with Crippen molar-refractivity contribution in [3.8, 4) is 5.75 Å². The van der Waals surface area contributed by atoms with Gasteiger partial charge in [-0.3, -0.25) is 4.79 Å². The highest BCUT2D eigenvalue weighted by molar-refractivity contribution is 7.98. The summed E-state index contributed by atoms with van der Waals surface area (Å²) in [7, 11) is 2.10. The summed E-state index contributed by atoms with van der Waals surface area (Å²) >= 11 is 3.35. The molecule has 1 heterocycles. The van der Waals surface area contributed by atoms with Gasteiger partial charge in [0.05, 0.1) is 21.7 Å². The molecule has 0 saturated heterocycles. The molecule has 6 heteroatoms. The zero-order chi connectivity index (χ0) is 17.6. The van der Waals surface area contributed by atoms with Crippen LogP contribution in [0.5, 0.6) is 5.75 Å². The molecule has 2 aromatic rings. The Morgan fingerprint density at radius 1 is 1.20 bits per heavy atom. The number of benzene rings is 2. The fourth-order valence-corrected chi connectivity index (χ4v) is 4.13. The molecule has 0 spiro atoms. The first kappa shape index (κ1) is 17.9. The van der Waals surface area contributed by atoms with Gasteiger partial charge in [0.2, 0.25) is 0 Å². The van der Waals surface area contributed by atoms with Crippen LogP contribution in [-0.2, 0) is 4.79 Å². The Morgan fingerprint density at radius 2 is 2.00 bits per heavy atom. The molecule has 0 N–H and O–H groups in total. The molecule has 130 valence electrons. The van der Waals surface area contributed by atoms with Crippen molar-refractivity contribution in [1.29, 1.82) is 0 Å². The molecule has 0 atom stereocenters. The van der Waals surface area contributed by atoms with Crippen molar-refractivity contribution < 1.29 is 9.53 Å². The van der Waals surface area contributed by atoms with E-state index >= 15 is 0 Å². The van der Waals surface area contributed by atoms with Gasteiger partial charge in [-0.15, -0.1) is 11.8 Å². The number of nitrogens with zero attached hydrogens (tertiary/aromatic N) is 2.